The number of rotatable bonds is 11. The number of nitrogens with zero attached hydrogens (tertiary/aromatic N) is 5. The third-order valence-corrected chi connectivity index (χ3v) is 7.72. The third kappa shape index (κ3) is 5.74. The van der Waals surface area contributed by atoms with Gasteiger partial charge in [0.25, 0.3) is 5.91 Å². The lowest BCUT2D eigenvalue weighted by molar-refractivity contribution is -0.139. The minimum atomic E-state index is -1.77. The van der Waals surface area contributed by atoms with Crippen molar-refractivity contribution in [3.63, 3.8) is 0 Å². The summed E-state index contributed by atoms with van der Waals surface area (Å²) in [6.45, 7) is 4.38. The Morgan fingerprint density at radius 2 is 2.00 bits per heavy atom. The number of anilines is 2. The fraction of sp³-hybridized carbons (Fsp3) is 0.400. The van der Waals surface area contributed by atoms with Crippen molar-refractivity contribution in [1.29, 1.82) is 0 Å². The maximum absolute atomic E-state index is 13.9. The molecule has 0 saturated carbocycles. The molecule has 41 heavy (non-hydrogen) atoms. The van der Waals surface area contributed by atoms with Gasteiger partial charge in [-0.2, -0.15) is 0 Å². The summed E-state index contributed by atoms with van der Waals surface area (Å²) >= 11 is 0. The highest BCUT2D eigenvalue weighted by Crippen LogP contribution is 2.47. The quantitative estimate of drug-likeness (QED) is 0.302. The first-order chi connectivity index (χ1) is 19.8. The first-order valence-electron chi connectivity index (χ1n) is 13.8. The van der Waals surface area contributed by atoms with E-state index in [0.717, 1.165) is 23.5 Å². The number of aliphatic hydroxyl groups excluding tert-OH is 1. The van der Waals surface area contributed by atoms with Crippen LogP contribution in [0.25, 0.3) is 0 Å². The SMILES string of the molecule is COc1ccc2c(c1)[C@@](O)([C@H](C)/C=C/CCn1cc(CCO)nn1)C(=O)N2Cc1ccc(N2CCNCC2=O)cc1. The number of allylic oxidation sites excluding steroid dienone is 1. The third-order valence-electron chi connectivity index (χ3n) is 7.72. The van der Waals surface area contributed by atoms with E-state index in [2.05, 4.69) is 15.6 Å². The molecule has 3 heterocycles. The zero-order valence-electron chi connectivity index (χ0n) is 23.4. The molecule has 2 aliphatic heterocycles. The molecule has 0 radical (unpaired) electrons. The highest BCUT2D eigenvalue weighted by Gasteiger charge is 2.52. The fourth-order valence-corrected chi connectivity index (χ4v) is 5.38. The van der Waals surface area contributed by atoms with Gasteiger partial charge < -0.3 is 30.1 Å². The lowest BCUT2D eigenvalue weighted by Crippen LogP contribution is -2.48. The molecule has 3 N–H and O–H groups in total. The Labute approximate surface area is 239 Å². The Kier molecular flexibility index (Phi) is 8.48. The summed E-state index contributed by atoms with van der Waals surface area (Å²) < 4.78 is 7.13. The number of aromatic nitrogens is 3. The Morgan fingerprint density at radius 3 is 2.73 bits per heavy atom. The van der Waals surface area contributed by atoms with Crippen molar-refractivity contribution in [2.75, 3.05) is 43.2 Å². The summed E-state index contributed by atoms with van der Waals surface area (Å²) in [6.07, 6.45) is 6.68. The van der Waals surface area contributed by atoms with Crippen LogP contribution in [0.2, 0.25) is 0 Å². The van der Waals surface area contributed by atoms with Crippen molar-refractivity contribution in [3.05, 3.63) is 77.6 Å². The minimum Gasteiger partial charge on any atom is -0.497 e. The molecule has 3 aromatic rings. The van der Waals surface area contributed by atoms with Crippen LogP contribution in [0.1, 0.15) is 30.2 Å². The average molecular weight is 561 g/mol. The number of ether oxygens (including phenoxy) is 1. The Balaban J connectivity index is 1.33. The maximum atomic E-state index is 13.9. The van der Waals surface area contributed by atoms with E-state index < -0.39 is 17.4 Å². The number of hydrogen-bond acceptors (Lipinski definition) is 8. The summed E-state index contributed by atoms with van der Waals surface area (Å²) in [5.74, 6) is -0.332. The first-order valence-corrected chi connectivity index (χ1v) is 13.8. The van der Waals surface area contributed by atoms with Crippen molar-refractivity contribution >= 4 is 23.2 Å². The standard InChI is InChI=1S/C30H36N6O5/c1-21(5-3-4-14-34-20-23(12-16-37)32-33-34)30(40)26-17-25(41-2)10-11-27(26)36(29(30)39)19-22-6-8-24(9-7-22)35-15-13-31-18-28(35)38/h3,5-11,17,20-21,31,37,40H,4,12-16,18-19H2,1-2H3/b5-3+/t21-,30+/m1/s1. The van der Waals surface area contributed by atoms with Crippen molar-refractivity contribution in [2.24, 2.45) is 5.92 Å². The zero-order chi connectivity index (χ0) is 29.0. The van der Waals surface area contributed by atoms with Crippen LogP contribution in [-0.2, 0) is 34.7 Å². The number of nitrogens with one attached hydrogen (secondary N) is 1. The highest BCUT2D eigenvalue weighted by molar-refractivity contribution is 6.07. The van der Waals surface area contributed by atoms with E-state index in [1.807, 2.05) is 49.4 Å². The van der Waals surface area contributed by atoms with Gasteiger partial charge in [0.1, 0.15) is 5.75 Å². The second-order valence-electron chi connectivity index (χ2n) is 10.4. The van der Waals surface area contributed by atoms with Gasteiger partial charge in [-0.3, -0.25) is 14.3 Å². The predicted octanol–water partition coefficient (Wildman–Crippen LogP) is 1.77. The molecule has 1 fully saturated rings. The van der Waals surface area contributed by atoms with Crippen LogP contribution in [0.5, 0.6) is 5.75 Å². The number of aryl methyl sites for hydroxylation is 1. The molecule has 11 nitrogen and oxygen atoms in total. The van der Waals surface area contributed by atoms with E-state index in [1.165, 1.54) is 0 Å². The molecular weight excluding hydrogens is 524 g/mol. The van der Waals surface area contributed by atoms with E-state index >= 15 is 0 Å². The summed E-state index contributed by atoms with van der Waals surface area (Å²) in [4.78, 5) is 29.5. The van der Waals surface area contributed by atoms with Crippen LogP contribution in [0, 0.1) is 5.92 Å². The van der Waals surface area contributed by atoms with Gasteiger partial charge in [-0.15, -0.1) is 5.10 Å². The number of methoxy groups -OCH3 is 1. The Morgan fingerprint density at radius 1 is 1.20 bits per heavy atom. The van der Waals surface area contributed by atoms with Gasteiger partial charge in [0, 0.05) is 56.0 Å². The Bertz CT molecular complexity index is 1420. The summed E-state index contributed by atoms with van der Waals surface area (Å²) in [5.41, 5.74) is 1.81. The fourth-order valence-electron chi connectivity index (χ4n) is 5.38. The van der Waals surface area contributed by atoms with Gasteiger partial charge in [0.05, 0.1) is 31.6 Å². The number of fused-ring (bicyclic) bond motifs is 1. The topological polar surface area (TPSA) is 133 Å². The van der Waals surface area contributed by atoms with Crippen LogP contribution in [0.4, 0.5) is 11.4 Å². The van der Waals surface area contributed by atoms with Crippen molar-refractivity contribution in [2.45, 2.75) is 38.5 Å². The minimum absolute atomic E-state index is 0.0227. The Hall–Kier alpha value is -4.06. The number of carbonyl (C=O) groups is 2. The van der Waals surface area contributed by atoms with E-state index in [-0.39, 0.29) is 19.1 Å². The number of benzene rings is 2. The molecule has 0 unspecified atom stereocenters. The number of carbonyl (C=O) groups excluding carboxylic acids is 2. The average Bonchev–Trinajstić information content (AvgIpc) is 3.52. The van der Waals surface area contributed by atoms with Crippen LogP contribution in [-0.4, -0.2) is 70.4 Å². The van der Waals surface area contributed by atoms with Crippen molar-refractivity contribution in [1.82, 2.24) is 20.3 Å². The van der Waals surface area contributed by atoms with E-state index in [4.69, 9.17) is 9.84 Å². The molecule has 0 bridgehead atoms. The molecule has 216 valence electrons. The van der Waals surface area contributed by atoms with Gasteiger partial charge in [0.2, 0.25) is 5.91 Å². The molecule has 2 aliphatic rings. The number of piperazine rings is 1. The van der Waals surface area contributed by atoms with E-state index in [0.29, 0.717) is 49.5 Å². The van der Waals surface area contributed by atoms with E-state index in [1.54, 1.807) is 39.9 Å². The highest BCUT2D eigenvalue weighted by atomic mass is 16.5. The molecule has 0 spiro atoms. The number of aliphatic hydroxyl groups is 2. The smallest absolute Gasteiger partial charge is 0.264 e. The maximum Gasteiger partial charge on any atom is 0.264 e. The summed E-state index contributed by atoms with van der Waals surface area (Å²) in [7, 11) is 1.56. The lowest BCUT2D eigenvalue weighted by Gasteiger charge is -2.28. The second kappa shape index (κ2) is 12.2. The summed E-state index contributed by atoms with van der Waals surface area (Å²) in [6, 6.07) is 12.9. The van der Waals surface area contributed by atoms with Crippen LogP contribution in [0.3, 0.4) is 0 Å². The molecule has 2 atom stereocenters. The van der Waals surface area contributed by atoms with E-state index in [9.17, 15) is 14.7 Å². The molecule has 5 rings (SSSR count). The van der Waals surface area contributed by atoms with Crippen LogP contribution >= 0.6 is 0 Å². The zero-order valence-corrected chi connectivity index (χ0v) is 23.4. The first kappa shape index (κ1) is 28.5. The van der Waals surface area contributed by atoms with Crippen molar-refractivity contribution in [3.8, 4) is 5.75 Å². The molecule has 2 aromatic carbocycles. The molecule has 2 amide bonds. The monoisotopic (exact) mass is 560 g/mol. The molecule has 1 saturated heterocycles. The summed E-state index contributed by atoms with van der Waals surface area (Å²) in [5, 5.41) is 32.2. The van der Waals surface area contributed by atoms with Crippen LogP contribution < -0.4 is 19.9 Å². The molecular formula is C30H36N6O5. The molecule has 0 aliphatic carbocycles. The molecule has 11 heteroatoms. The normalized spacial score (nSPS) is 19.7. The second-order valence-corrected chi connectivity index (χ2v) is 10.4. The van der Waals surface area contributed by atoms with Gasteiger partial charge >= 0.3 is 0 Å². The van der Waals surface area contributed by atoms with Gasteiger partial charge in [-0.05, 0) is 42.3 Å². The predicted molar refractivity (Wildman–Crippen MR) is 153 cm³/mol. The van der Waals surface area contributed by atoms with Crippen molar-refractivity contribution < 1.29 is 24.5 Å². The van der Waals surface area contributed by atoms with Gasteiger partial charge in [-0.1, -0.05) is 36.4 Å². The van der Waals surface area contributed by atoms with Gasteiger partial charge in [-0.25, -0.2) is 0 Å². The number of hydrogen-bond donors (Lipinski definition) is 3. The lowest BCUT2D eigenvalue weighted by atomic mass is 9.83. The van der Waals surface area contributed by atoms with Crippen LogP contribution in [0.15, 0.2) is 60.8 Å². The largest absolute Gasteiger partial charge is 0.497 e. The molecule has 1 aromatic heterocycles. The number of amides is 2. The van der Waals surface area contributed by atoms with Gasteiger partial charge in [0.15, 0.2) is 5.60 Å².